The van der Waals surface area contributed by atoms with Gasteiger partial charge in [0.05, 0.1) is 0 Å². The van der Waals surface area contributed by atoms with Gasteiger partial charge in [-0.3, -0.25) is 5.32 Å². The van der Waals surface area contributed by atoms with Gasteiger partial charge in [0.2, 0.25) is 0 Å². The number of ether oxygens (including phenoxy) is 1. The Bertz CT molecular complexity index is 425. The molecule has 100 valence electrons. The van der Waals surface area contributed by atoms with E-state index in [0.29, 0.717) is 18.7 Å². The number of phenols is 1. The Hall–Kier alpha value is -1.75. The van der Waals surface area contributed by atoms with Crippen molar-refractivity contribution in [1.29, 1.82) is 0 Å². The Balaban J connectivity index is 2.80. The fraction of sp³-hybridized carbons (Fsp3) is 0.462. The lowest BCUT2D eigenvalue weighted by atomic mass is 10.1. The third kappa shape index (κ3) is 4.63. The average Bonchev–Trinajstić information content (AvgIpc) is 2.20. The molecule has 0 spiro atoms. The van der Waals surface area contributed by atoms with Crippen LogP contribution in [0.15, 0.2) is 18.2 Å². The first-order valence-corrected chi connectivity index (χ1v) is 5.84. The van der Waals surface area contributed by atoms with Crippen LogP contribution >= 0.6 is 0 Å². The molecule has 0 aliphatic heterocycles. The van der Waals surface area contributed by atoms with Crippen LogP contribution < -0.4 is 11.1 Å². The van der Waals surface area contributed by atoms with Crippen molar-refractivity contribution in [2.45, 2.75) is 32.8 Å². The maximum absolute atomic E-state index is 11.6. The van der Waals surface area contributed by atoms with Crippen molar-refractivity contribution < 1.29 is 14.6 Å². The van der Waals surface area contributed by atoms with E-state index in [4.69, 9.17) is 10.5 Å². The molecular formula is C13H20N2O3. The summed E-state index contributed by atoms with van der Waals surface area (Å²) >= 11 is 0. The summed E-state index contributed by atoms with van der Waals surface area (Å²) in [7, 11) is 0. The second-order valence-electron chi connectivity index (χ2n) is 5.01. The van der Waals surface area contributed by atoms with Gasteiger partial charge in [0, 0.05) is 5.69 Å². The molecule has 1 aromatic carbocycles. The van der Waals surface area contributed by atoms with Gasteiger partial charge in [-0.25, -0.2) is 4.79 Å². The van der Waals surface area contributed by atoms with Gasteiger partial charge in [0.25, 0.3) is 0 Å². The monoisotopic (exact) mass is 252 g/mol. The molecule has 1 rings (SSSR count). The number of carbonyl (C=O) groups excluding carboxylic acids is 1. The lowest BCUT2D eigenvalue weighted by Crippen LogP contribution is -2.27. The van der Waals surface area contributed by atoms with Crippen LogP contribution in [0, 0.1) is 0 Å². The van der Waals surface area contributed by atoms with E-state index < -0.39 is 11.7 Å². The van der Waals surface area contributed by atoms with Crippen LogP contribution in [0.5, 0.6) is 5.75 Å². The maximum Gasteiger partial charge on any atom is 0.412 e. The van der Waals surface area contributed by atoms with Crippen molar-refractivity contribution in [1.82, 2.24) is 0 Å². The van der Waals surface area contributed by atoms with Crippen molar-refractivity contribution in [3.05, 3.63) is 23.8 Å². The highest BCUT2D eigenvalue weighted by atomic mass is 16.6. The minimum Gasteiger partial charge on any atom is -0.508 e. The predicted molar refractivity (Wildman–Crippen MR) is 70.7 cm³/mol. The number of nitrogens with one attached hydrogen (secondary N) is 1. The minimum atomic E-state index is -0.547. The lowest BCUT2D eigenvalue weighted by molar-refractivity contribution is 0.0635. The molecule has 0 aromatic heterocycles. The molecule has 0 saturated heterocycles. The number of anilines is 1. The fourth-order valence-corrected chi connectivity index (χ4v) is 1.48. The SMILES string of the molecule is CC(C)(C)OC(=O)Nc1ccc(O)cc1CCN. The highest BCUT2D eigenvalue weighted by molar-refractivity contribution is 5.86. The lowest BCUT2D eigenvalue weighted by Gasteiger charge is -2.20. The maximum atomic E-state index is 11.6. The molecule has 0 fully saturated rings. The van der Waals surface area contributed by atoms with Crippen LogP contribution in [0.4, 0.5) is 10.5 Å². The number of rotatable bonds is 3. The largest absolute Gasteiger partial charge is 0.508 e. The van der Waals surface area contributed by atoms with Gasteiger partial charge >= 0.3 is 6.09 Å². The molecule has 0 heterocycles. The standard InChI is InChI=1S/C13H20N2O3/c1-13(2,3)18-12(17)15-11-5-4-10(16)8-9(11)6-7-14/h4-5,8,16H,6-7,14H2,1-3H3,(H,15,17). The molecule has 0 radical (unpaired) electrons. The molecule has 0 aliphatic rings. The highest BCUT2D eigenvalue weighted by Crippen LogP contribution is 2.22. The first kappa shape index (κ1) is 14.3. The summed E-state index contributed by atoms with van der Waals surface area (Å²) in [4.78, 5) is 11.6. The van der Waals surface area contributed by atoms with E-state index in [-0.39, 0.29) is 5.75 Å². The van der Waals surface area contributed by atoms with Crippen LogP contribution in [0.25, 0.3) is 0 Å². The molecule has 4 N–H and O–H groups in total. The zero-order valence-corrected chi connectivity index (χ0v) is 11.0. The van der Waals surface area contributed by atoms with E-state index in [1.165, 1.54) is 6.07 Å². The zero-order chi connectivity index (χ0) is 13.8. The van der Waals surface area contributed by atoms with E-state index in [9.17, 15) is 9.90 Å². The summed E-state index contributed by atoms with van der Waals surface area (Å²) < 4.78 is 5.16. The molecular weight excluding hydrogens is 232 g/mol. The van der Waals surface area contributed by atoms with Crippen LogP contribution in [-0.4, -0.2) is 23.3 Å². The van der Waals surface area contributed by atoms with Gasteiger partial charge in [-0.2, -0.15) is 0 Å². The Morgan fingerprint density at radius 1 is 1.44 bits per heavy atom. The first-order chi connectivity index (χ1) is 8.31. The zero-order valence-electron chi connectivity index (χ0n) is 11.0. The summed E-state index contributed by atoms with van der Waals surface area (Å²) in [6.45, 7) is 5.82. The molecule has 0 unspecified atom stereocenters. The van der Waals surface area contributed by atoms with Gasteiger partial charge in [-0.1, -0.05) is 0 Å². The number of nitrogens with two attached hydrogens (primary N) is 1. The second-order valence-corrected chi connectivity index (χ2v) is 5.01. The number of carbonyl (C=O) groups is 1. The summed E-state index contributed by atoms with van der Waals surface area (Å²) in [5.74, 6) is 0.146. The van der Waals surface area contributed by atoms with Crippen molar-refractivity contribution in [3.8, 4) is 5.75 Å². The number of amides is 1. The summed E-state index contributed by atoms with van der Waals surface area (Å²) in [5, 5.41) is 12.1. The summed E-state index contributed by atoms with van der Waals surface area (Å²) in [6.07, 6.45) is 0.0472. The Morgan fingerprint density at radius 3 is 2.67 bits per heavy atom. The molecule has 5 nitrogen and oxygen atoms in total. The summed E-state index contributed by atoms with van der Waals surface area (Å²) in [5.41, 5.74) is 6.32. The van der Waals surface area contributed by atoms with Gasteiger partial charge in [0.15, 0.2) is 0 Å². The smallest absolute Gasteiger partial charge is 0.412 e. The Kier molecular flexibility index (Phi) is 4.55. The fourth-order valence-electron chi connectivity index (χ4n) is 1.48. The number of hydrogen-bond acceptors (Lipinski definition) is 4. The Labute approximate surface area is 107 Å². The van der Waals surface area contributed by atoms with Crippen molar-refractivity contribution in [3.63, 3.8) is 0 Å². The molecule has 1 aromatic rings. The predicted octanol–water partition coefficient (Wildman–Crippen LogP) is 2.24. The van der Waals surface area contributed by atoms with E-state index in [1.807, 2.05) is 0 Å². The quantitative estimate of drug-likeness (QED) is 0.720. The van der Waals surface area contributed by atoms with Gasteiger partial charge in [0.1, 0.15) is 11.4 Å². The molecule has 0 aliphatic carbocycles. The molecule has 0 saturated carbocycles. The van der Waals surface area contributed by atoms with Gasteiger partial charge in [-0.15, -0.1) is 0 Å². The molecule has 0 atom stereocenters. The van der Waals surface area contributed by atoms with Gasteiger partial charge in [-0.05, 0) is 57.5 Å². The molecule has 0 bridgehead atoms. The van der Waals surface area contributed by atoms with Gasteiger partial charge < -0.3 is 15.6 Å². The summed E-state index contributed by atoms with van der Waals surface area (Å²) in [6, 6.07) is 4.72. The second kappa shape index (κ2) is 5.73. The van der Waals surface area contributed by atoms with E-state index in [0.717, 1.165) is 5.56 Å². The van der Waals surface area contributed by atoms with Crippen LogP contribution in [0.3, 0.4) is 0 Å². The number of benzene rings is 1. The third-order valence-corrected chi connectivity index (χ3v) is 2.14. The van der Waals surface area contributed by atoms with E-state index in [2.05, 4.69) is 5.32 Å². The number of hydrogen-bond donors (Lipinski definition) is 3. The highest BCUT2D eigenvalue weighted by Gasteiger charge is 2.17. The van der Waals surface area contributed by atoms with Crippen LogP contribution in [0.2, 0.25) is 0 Å². The van der Waals surface area contributed by atoms with Crippen LogP contribution in [-0.2, 0) is 11.2 Å². The normalized spacial score (nSPS) is 11.1. The van der Waals surface area contributed by atoms with Crippen molar-refractivity contribution in [2.75, 3.05) is 11.9 Å². The van der Waals surface area contributed by atoms with Crippen molar-refractivity contribution in [2.24, 2.45) is 5.73 Å². The first-order valence-electron chi connectivity index (χ1n) is 5.84. The average molecular weight is 252 g/mol. The molecule has 5 heteroatoms. The minimum absolute atomic E-state index is 0.146. The van der Waals surface area contributed by atoms with Crippen LogP contribution in [0.1, 0.15) is 26.3 Å². The molecule has 1 amide bonds. The number of phenolic OH excluding ortho intramolecular Hbond substituents is 1. The van der Waals surface area contributed by atoms with Crippen molar-refractivity contribution >= 4 is 11.8 Å². The topological polar surface area (TPSA) is 84.6 Å². The van der Waals surface area contributed by atoms with E-state index in [1.54, 1.807) is 32.9 Å². The van der Waals surface area contributed by atoms with E-state index >= 15 is 0 Å². The Morgan fingerprint density at radius 2 is 2.11 bits per heavy atom. The number of aromatic hydroxyl groups is 1. The third-order valence-electron chi connectivity index (χ3n) is 2.14. The molecule has 18 heavy (non-hydrogen) atoms.